The number of ether oxygens (including phenoxy) is 1. The maximum Gasteiger partial charge on any atom is 0.321 e. The van der Waals surface area contributed by atoms with Crippen LogP contribution in [0.4, 0.5) is 14.9 Å². The lowest BCUT2D eigenvalue weighted by atomic mass is 9.89. The molecule has 1 saturated heterocycles. The van der Waals surface area contributed by atoms with Gasteiger partial charge in [0.2, 0.25) is 0 Å². The van der Waals surface area contributed by atoms with Gasteiger partial charge in [0.15, 0.2) is 5.78 Å². The molecule has 0 aromatic heterocycles. The second kappa shape index (κ2) is 5.88. The average molecular weight is 340 g/mol. The molecular weight excluding hydrogens is 323 g/mol. The molecule has 0 bridgehead atoms. The Morgan fingerprint density at radius 3 is 2.72 bits per heavy atom. The number of fused-ring (bicyclic) bond motifs is 1. The summed E-state index contributed by atoms with van der Waals surface area (Å²) in [5.74, 6) is 0.271. The predicted molar refractivity (Wildman–Crippen MR) is 90.4 cm³/mol. The minimum Gasteiger partial charge on any atom is -0.484 e. The number of carbonyl (C=O) groups excluding carboxylic acids is 2. The average Bonchev–Trinajstić information content (AvgIpc) is 3.00. The summed E-state index contributed by atoms with van der Waals surface area (Å²) in [7, 11) is 0. The number of halogens is 1. The number of nitrogens with one attached hydrogen (secondary N) is 1. The predicted octanol–water partition coefficient (Wildman–Crippen LogP) is 3.47. The van der Waals surface area contributed by atoms with Crippen LogP contribution in [-0.2, 0) is 0 Å². The largest absolute Gasteiger partial charge is 0.484 e. The summed E-state index contributed by atoms with van der Waals surface area (Å²) in [5, 5.41) is 2.74. The second-order valence-corrected chi connectivity index (χ2v) is 6.49. The van der Waals surface area contributed by atoms with E-state index < -0.39 is 5.60 Å². The molecule has 1 spiro atoms. The Bertz CT molecular complexity index is 837. The number of benzene rings is 2. The van der Waals surface area contributed by atoms with E-state index in [4.69, 9.17) is 4.74 Å². The quantitative estimate of drug-likeness (QED) is 0.865. The van der Waals surface area contributed by atoms with E-state index in [9.17, 15) is 14.0 Å². The standard InChI is InChI=1S/C19H17FN2O3/c20-13-5-7-14(8-6-13)21-18(24)22-10-9-19(12-22)11-16(23)15-3-1-2-4-17(15)25-19/h1-8H,9-12H2,(H,21,24). The van der Waals surface area contributed by atoms with Crippen LogP contribution in [0.3, 0.4) is 0 Å². The Balaban J connectivity index is 1.47. The van der Waals surface area contributed by atoms with Crippen molar-refractivity contribution in [1.29, 1.82) is 0 Å². The van der Waals surface area contributed by atoms with Crippen molar-refractivity contribution in [1.82, 2.24) is 4.90 Å². The SMILES string of the molecule is O=C1CC2(CCN(C(=O)Nc3ccc(F)cc3)C2)Oc2ccccc21. The van der Waals surface area contributed by atoms with Gasteiger partial charge < -0.3 is 15.0 Å². The van der Waals surface area contributed by atoms with E-state index in [2.05, 4.69) is 5.32 Å². The molecular formula is C19H17FN2O3. The Morgan fingerprint density at radius 1 is 1.16 bits per heavy atom. The number of para-hydroxylation sites is 1. The zero-order valence-corrected chi connectivity index (χ0v) is 13.5. The van der Waals surface area contributed by atoms with Gasteiger partial charge in [-0.15, -0.1) is 0 Å². The fourth-order valence-corrected chi connectivity index (χ4v) is 3.42. The molecule has 2 heterocycles. The number of urea groups is 1. The van der Waals surface area contributed by atoms with Gasteiger partial charge in [-0.2, -0.15) is 0 Å². The van der Waals surface area contributed by atoms with E-state index in [-0.39, 0.29) is 24.1 Å². The first kappa shape index (κ1) is 15.6. The third kappa shape index (κ3) is 2.95. The third-order valence-electron chi connectivity index (χ3n) is 4.70. The Labute approximate surface area is 144 Å². The van der Waals surface area contributed by atoms with Crippen molar-refractivity contribution in [2.24, 2.45) is 0 Å². The number of ketones is 1. The van der Waals surface area contributed by atoms with Crippen molar-refractivity contribution in [3.63, 3.8) is 0 Å². The smallest absolute Gasteiger partial charge is 0.321 e. The number of hydrogen-bond acceptors (Lipinski definition) is 3. The molecule has 2 amide bonds. The van der Waals surface area contributed by atoms with Gasteiger partial charge in [0.05, 0.1) is 18.5 Å². The first-order chi connectivity index (χ1) is 12.0. The number of rotatable bonds is 1. The van der Waals surface area contributed by atoms with Crippen LogP contribution in [0.25, 0.3) is 0 Å². The maximum absolute atomic E-state index is 13.0. The molecule has 1 N–H and O–H groups in total. The molecule has 25 heavy (non-hydrogen) atoms. The number of nitrogens with zero attached hydrogens (tertiary/aromatic N) is 1. The van der Waals surface area contributed by atoms with Crippen LogP contribution in [0.5, 0.6) is 5.75 Å². The zero-order chi connectivity index (χ0) is 17.4. The number of hydrogen-bond donors (Lipinski definition) is 1. The first-order valence-corrected chi connectivity index (χ1v) is 8.17. The highest BCUT2D eigenvalue weighted by Gasteiger charge is 2.46. The van der Waals surface area contributed by atoms with Crippen molar-refractivity contribution < 1.29 is 18.7 Å². The van der Waals surface area contributed by atoms with Gasteiger partial charge in [0.25, 0.3) is 0 Å². The molecule has 128 valence electrons. The Hall–Kier alpha value is -2.89. The fourth-order valence-electron chi connectivity index (χ4n) is 3.42. The van der Waals surface area contributed by atoms with Crippen LogP contribution >= 0.6 is 0 Å². The first-order valence-electron chi connectivity index (χ1n) is 8.17. The number of carbonyl (C=O) groups is 2. The second-order valence-electron chi connectivity index (χ2n) is 6.49. The number of likely N-dealkylation sites (tertiary alicyclic amines) is 1. The van der Waals surface area contributed by atoms with Crippen LogP contribution in [0.2, 0.25) is 0 Å². The molecule has 4 rings (SSSR count). The molecule has 6 heteroatoms. The monoisotopic (exact) mass is 340 g/mol. The van der Waals surface area contributed by atoms with E-state index in [1.807, 2.05) is 12.1 Å². The van der Waals surface area contributed by atoms with Crippen LogP contribution in [0.1, 0.15) is 23.2 Å². The molecule has 0 saturated carbocycles. The van der Waals surface area contributed by atoms with Gasteiger partial charge in [-0.25, -0.2) is 9.18 Å². The molecule has 5 nitrogen and oxygen atoms in total. The van der Waals surface area contributed by atoms with Gasteiger partial charge in [-0.3, -0.25) is 4.79 Å². The summed E-state index contributed by atoms with van der Waals surface area (Å²) in [5.41, 5.74) is 0.464. The molecule has 2 aliphatic heterocycles. The highest BCUT2D eigenvalue weighted by Crippen LogP contribution is 2.38. The van der Waals surface area contributed by atoms with E-state index in [1.54, 1.807) is 17.0 Å². The van der Waals surface area contributed by atoms with E-state index in [1.165, 1.54) is 24.3 Å². The van der Waals surface area contributed by atoms with Gasteiger partial charge >= 0.3 is 6.03 Å². The Kier molecular flexibility index (Phi) is 3.67. The number of anilines is 1. The molecule has 0 radical (unpaired) electrons. The summed E-state index contributed by atoms with van der Waals surface area (Å²) in [4.78, 5) is 26.5. The highest BCUT2D eigenvalue weighted by molar-refractivity contribution is 6.00. The lowest BCUT2D eigenvalue weighted by Gasteiger charge is -2.34. The zero-order valence-electron chi connectivity index (χ0n) is 13.5. The number of amides is 2. The van der Waals surface area contributed by atoms with Crippen LogP contribution in [0, 0.1) is 5.82 Å². The molecule has 2 aromatic carbocycles. The normalized spacial score (nSPS) is 21.8. The molecule has 0 aliphatic carbocycles. The Morgan fingerprint density at radius 2 is 1.92 bits per heavy atom. The highest BCUT2D eigenvalue weighted by atomic mass is 19.1. The van der Waals surface area contributed by atoms with Crippen molar-refractivity contribution in [2.45, 2.75) is 18.4 Å². The van der Waals surface area contributed by atoms with Gasteiger partial charge in [0.1, 0.15) is 17.2 Å². The van der Waals surface area contributed by atoms with Crippen molar-refractivity contribution in [2.75, 3.05) is 18.4 Å². The van der Waals surface area contributed by atoms with E-state index in [0.29, 0.717) is 36.5 Å². The lowest BCUT2D eigenvalue weighted by molar-refractivity contribution is 0.0482. The fraction of sp³-hybridized carbons (Fsp3) is 0.263. The minimum atomic E-state index is -0.661. The third-order valence-corrected chi connectivity index (χ3v) is 4.70. The van der Waals surface area contributed by atoms with E-state index >= 15 is 0 Å². The van der Waals surface area contributed by atoms with Gasteiger partial charge in [0, 0.05) is 18.7 Å². The molecule has 2 aliphatic rings. The van der Waals surface area contributed by atoms with Gasteiger partial charge in [-0.05, 0) is 36.4 Å². The lowest BCUT2D eigenvalue weighted by Crippen LogP contribution is -2.45. The summed E-state index contributed by atoms with van der Waals surface area (Å²) in [6.07, 6.45) is 0.869. The van der Waals surface area contributed by atoms with Crippen molar-refractivity contribution in [3.8, 4) is 5.75 Å². The number of Topliss-reactive ketones (excluding diaryl/α,β-unsaturated/α-hetero) is 1. The minimum absolute atomic E-state index is 0.0441. The van der Waals surface area contributed by atoms with Gasteiger partial charge in [-0.1, -0.05) is 12.1 Å². The summed E-state index contributed by atoms with van der Waals surface area (Å²) < 4.78 is 19.1. The molecule has 1 fully saturated rings. The molecule has 1 unspecified atom stereocenters. The van der Waals surface area contributed by atoms with Crippen LogP contribution in [0.15, 0.2) is 48.5 Å². The van der Waals surface area contributed by atoms with Crippen LogP contribution < -0.4 is 10.1 Å². The maximum atomic E-state index is 13.0. The van der Waals surface area contributed by atoms with Crippen molar-refractivity contribution >= 4 is 17.5 Å². The molecule has 1 atom stereocenters. The summed E-state index contributed by atoms with van der Waals surface area (Å²) in [6, 6.07) is 12.5. The van der Waals surface area contributed by atoms with Crippen LogP contribution in [-0.4, -0.2) is 35.4 Å². The van der Waals surface area contributed by atoms with Crippen molar-refractivity contribution in [3.05, 3.63) is 59.9 Å². The summed E-state index contributed by atoms with van der Waals surface area (Å²) >= 11 is 0. The summed E-state index contributed by atoms with van der Waals surface area (Å²) in [6.45, 7) is 0.850. The molecule has 2 aromatic rings. The topological polar surface area (TPSA) is 58.6 Å². The van der Waals surface area contributed by atoms with E-state index in [0.717, 1.165) is 0 Å².